The molecule has 0 radical (unpaired) electrons. The van der Waals surface area contributed by atoms with Gasteiger partial charge in [-0.15, -0.1) is 0 Å². The standard InChI is InChI=1S/C15H24FNO2/c1-11(2)19-9-5-4-8-17-12(3)14-10-13(16)6-7-15(14)18/h6-7,10-12,17-18H,4-5,8-9H2,1-3H3. The molecule has 0 saturated heterocycles. The van der Waals surface area contributed by atoms with Crippen molar-refractivity contribution in [1.82, 2.24) is 5.32 Å². The first kappa shape index (κ1) is 15.9. The van der Waals surface area contributed by atoms with E-state index in [9.17, 15) is 9.50 Å². The lowest BCUT2D eigenvalue weighted by molar-refractivity contribution is 0.0759. The number of hydrogen-bond donors (Lipinski definition) is 2. The molecule has 108 valence electrons. The van der Waals surface area contributed by atoms with Gasteiger partial charge in [-0.1, -0.05) is 0 Å². The Labute approximate surface area is 114 Å². The van der Waals surface area contributed by atoms with E-state index in [-0.39, 0.29) is 23.7 Å². The molecular formula is C15H24FNO2. The highest BCUT2D eigenvalue weighted by molar-refractivity contribution is 5.34. The van der Waals surface area contributed by atoms with Gasteiger partial charge in [-0.3, -0.25) is 0 Å². The second kappa shape index (κ2) is 8.12. The highest BCUT2D eigenvalue weighted by Crippen LogP contribution is 2.24. The van der Waals surface area contributed by atoms with Crippen LogP contribution in [0.25, 0.3) is 0 Å². The Balaban J connectivity index is 2.27. The van der Waals surface area contributed by atoms with Gasteiger partial charge in [-0.2, -0.15) is 0 Å². The van der Waals surface area contributed by atoms with Crippen LogP contribution in [-0.2, 0) is 4.74 Å². The average molecular weight is 269 g/mol. The summed E-state index contributed by atoms with van der Waals surface area (Å²) in [6.45, 7) is 7.54. The smallest absolute Gasteiger partial charge is 0.123 e. The molecule has 0 saturated carbocycles. The summed E-state index contributed by atoms with van der Waals surface area (Å²) in [5, 5.41) is 13.0. The molecule has 1 unspecified atom stereocenters. The van der Waals surface area contributed by atoms with Crippen LogP contribution >= 0.6 is 0 Å². The van der Waals surface area contributed by atoms with E-state index in [2.05, 4.69) is 5.32 Å². The van der Waals surface area contributed by atoms with E-state index >= 15 is 0 Å². The minimum atomic E-state index is -0.327. The van der Waals surface area contributed by atoms with E-state index in [1.165, 1.54) is 18.2 Å². The summed E-state index contributed by atoms with van der Waals surface area (Å²) in [5.74, 6) is -0.198. The van der Waals surface area contributed by atoms with Gasteiger partial charge >= 0.3 is 0 Å². The van der Waals surface area contributed by atoms with E-state index < -0.39 is 0 Å². The van der Waals surface area contributed by atoms with Gasteiger partial charge in [0.1, 0.15) is 11.6 Å². The van der Waals surface area contributed by atoms with Crippen LogP contribution in [0.1, 0.15) is 45.2 Å². The molecule has 0 aromatic heterocycles. The van der Waals surface area contributed by atoms with Gasteiger partial charge in [-0.05, 0) is 58.4 Å². The Kier molecular flexibility index (Phi) is 6.81. The van der Waals surface area contributed by atoms with Crippen molar-refractivity contribution in [2.24, 2.45) is 0 Å². The molecule has 19 heavy (non-hydrogen) atoms. The maximum Gasteiger partial charge on any atom is 0.123 e. The van der Waals surface area contributed by atoms with E-state index in [4.69, 9.17) is 4.74 Å². The van der Waals surface area contributed by atoms with Crippen molar-refractivity contribution in [3.8, 4) is 5.75 Å². The van der Waals surface area contributed by atoms with Gasteiger partial charge in [0.15, 0.2) is 0 Å². The largest absolute Gasteiger partial charge is 0.508 e. The topological polar surface area (TPSA) is 41.5 Å². The van der Waals surface area contributed by atoms with Gasteiger partial charge in [0.2, 0.25) is 0 Å². The third-order valence-electron chi connectivity index (χ3n) is 2.93. The number of halogens is 1. The fourth-order valence-corrected chi connectivity index (χ4v) is 1.85. The van der Waals surface area contributed by atoms with Gasteiger partial charge in [0.25, 0.3) is 0 Å². The zero-order valence-corrected chi connectivity index (χ0v) is 11.9. The quantitative estimate of drug-likeness (QED) is 0.711. The molecular weight excluding hydrogens is 245 g/mol. The molecule has 0 amide bonds. The molecule has 0 aliphatic rings. The lowest BCUT2D eigenvalue weighted by atomic mass is 10.1. The number of aromatic hydroxyl groups is 1. The normalized spacial score (nSPS) is 12.9. The summed E-state index contributed by atoms with van der Waals surface area (Å²) in [4.78, 5) is 0. The van der Waals surface area contributed by atoms with Crippen LogP contribution in [0.2, 0.25) is 0 Å². The molecule has 0 aliphatic carbocycles. The highest BCUT2D eigenvalue weighted by atomic mass is 19.1. The SMILES string of the molecule is CC(C)OCCCCNC(C)c1cc(F)ccc1O. The van der Waals surface area contributed by atoms with Crippen LogP contribution < -0.4 is 5.32 Å². The van der Waals surface area contributed by atoms with Crippen molar-refractivity contribution in [1.29, 1.82) is 0 Å². The molecule has 1 atom stereocenters. The lowest BCUT2D eigenvalue weighted by Gasteiger charge is -2.16. The Morgan fingerprint density at radius 3 is 2.68 bits per heavy atom. The summed E-state index contributed by atoms with van der Waals surface area (Å²) in [6.07, 6.45) is 2.26. The van der Waals surface area contributed by atoms with Crippen molar-refractivity contribution in [3.63, 3.8) is 0 Å². The summed E-state index contributed by atoms with van der Waals surface area (Å²) < 4.78 is 18.6. The van der Waals surface area contributed by atoms with Crippen molar-refractivity contribution in [2.45, 2.75) is 45.8 Å². The van der Waals surface area contributed by atoms with Gasteiger partial charge < -0.3 is 15.2 Å². The van der Waals surface area contributed by atoms with E-state index in [1.54, 1.807) is 0 Å². The van der Waals surface area contributed by atoms with E-state index in [0.717, 1.165) is 26.0 Å². The third-order valence-corrected chi connectivity index (χ3v) is 2.93. The monoisotopic (exact) mass is 269 g/mol. The number of unbranched alkanes of at least 4 members (excludes halogenated alkanes) is 1. The minimum Gasteiger partial charge on any atom is -0.508 e. The fourth-order valence-electron chi connectivity index (χ4n) is 1.85. The van der Waals surface area contributed by atoms with Gasteiger partial charge in [-0.25, -0.2) is 4.39 Å². The Morgan fingerprint density at radius 2 is 2.00 bits per heavy atom. The molecule has 0 bridgehead atoms. The summed E-state index contributed by atoms with van der Waals surface area (Å²) in [6, 6.07) is 3.95. The zero-order valence-electron chi connectivity index (χ0n) is 11.9. The fraction of sp³-hybridized carbons (Fsp3) is 0.600. The number of phenolic OH excluding ortho intramolecular Hbond substituents is 1. The summed E-state index contributed by atoms with van der Waals surface area (Å²) >= 11 is 0. The maximum absolute atomic E-state index is 13.1. The lowest BCUT2D eigenvalue weighted by Crippen LogP contribution is -2.20. The minimum absolute atomic E-state index is 0.0679. The van der Waals surface area contributed by atoms with Crippen molar-refractivity contribution < 1.29 is 14.2 Å². The van der Waals surface area contributed by atoms with Crippen LogP contribution in [0.4, 0.5) is 4.39 Å². The number of ether oxygens (including phenoxy) is 1. The van der Waals surface area contributed by atoms with Gasteiger partial charge in [0.05, 0.1) is 6.10 Å². The molecule has 1 rings (SSSR count). The number of benzene rings is 1. The zero-order chi connectivity index (χ0) is 14.3. The molecule has 4 heteroatoms. The summed E-state index contributed by atoms with van der Waals surface area (Å²) in [5.41, 5.74) is 0.596. The van der Waals surface area contributed by atoms with Crippen LogP contribution in [-0.4, -0.2) is 24.4 Å². The summed E-state index contributed by atoms with van der Waals surface area (Å²) in [7, 11) is 0. The van der Waals surface area contributed by atoms with Crippen molar-refractivity contribution in [2.75, 3.05) is 13.2 Å². The first-order chi connectivity index (χ1) is 9.00. The number of phenols is 1. The van der Waals surface area contributed by atoms with Crippen molar-refractivity contribution >= 4 is 0 Å². The molecule has 0 fully saturated rings. The molecule has 0 aliphatic heterocycles. The molecule has 0 spiro atoms. The number of hydrogen-bond acceptors (Lipinski definition) is 3. The molecule has 1 aromatic rings. The van der Waals surface area contributed by atoms with E-state index in [0.29, 0.717) is 5.56 Å². The van der Waals surface area contributed by atoms with Crippen LogP contribution in [0, 0.1) is 5.82 Å². The van der Waals surface area contributed by atoms with Crippen LogP contribution in [0.5, 0.6) is 5.75 Å². The van der Waals surface area contributed by atoms with Crippen LogP contribution in [0.15, 0.2) is 18.2 Å². The predicted octanol–water partition coefficient (Wildman–Crippen LogP) is 3.39. The molecule has 2 N–H and O–H groups in total. The predicted molar refractivity (Wildman–Crippen MR) is 74.8 cm³/mol. The first-order valence-electron chi connectivity index (χ1n) is 6.84. The first-order valence-corrected chi connectivity index (χ1v) is 6.84. The Bertz CT molecular complexity index is 382. The second-order valence-corrected chi connectivity index (χ2v) is 5.01. The third kappa shape index (κ3) is 6.03. The van der Waals surface area contributed by atoms with Gasteiger partial charge in [0, 0.05) is 18.2 Å². The van der Waals surface area contributed by atoms with Crippen LogP contribution in [0.3, 0.4) is 0 Å². The highest BCUT2D eigenvalue weighted by Gasteiger charge is 2.10. The maximum atomic E-state index is 13.1. The van der Waals surface area contributed by atoms with Crippen molar-refractivity contribution in [3.05, 3.63) is 29.6 Å². The number of nitrogens with one attached hydrogen (secondary N) is 1. The molecule has 3 nitrogen and oxygen atoms in total. The number of rotatable bonds is 8. The van der Waals surface area contributed by atoms with E-state index in [1.807, 2.05) is 20.8 Å². The molecule has 1 aromatic carbocycles. The second-order valence-electron chi connectivity index (χ2n) is 5.01. The molecule has 0 heterocycles. The average Bonchev–Trinajstić information content (AvgIpc) is 2.36. The Morgan fingerprint density at radius 1 is 1.26 bits per heavy atom. The Hall–Kier alpha value is -1.13.